The fourth-order valence-corrected chi connectivity index (χ4v) is 1.67. The van der Waals surface area contributed by atoms with Gasteiger partial charge in [-0.15, -0.1) is 0 Å². The van der Waals surface area contributed by atoms with Gasteiger partial charge >= 0.3 is 12.1 Å². The van der Waals surface area contributed by atoms with Crippen molar-refractivity contribution < 1.29 is 37.0 Å². The minimum absolute atomic E-state index is 0.0225. The summed E-state index contributed by atoms with van der Waals surface area (Å²) in [7, 11) is 0. The van der Waals surface area contributed by atoms with Gasteiger partial charge in [-0.3, -0.25) is 4.79 Å². The molecule has 1 aromatic rings. The number of benzene rings is 1. The van der Waals surface area contributed by atoms with Gasteiger partial charge in [0, 0.05) is 5.56 Å². The van der Waals surface area contributed by atoms with Gasteiger partial charge in [0.05, 0.1) is 12.2 Å². The highest BCUT2D eigenvalue weighted by molar-refractivity contribution is 6.41. The summed E-state index contributed by atoms with van der Waals surface area (Å²) in [6.07, 6.45) is -4.81. The lowest BCUT2D eigenvalue weighted by Gasteiger charge is -2.12. The van der Waals surface area contributed by atoms with E-state index in [1.165, 1.54) is 6.92 Å². The lowest BCUT2D eigenvalue weighted by atomic mass is 10.0. The van der Waals surface area contributed by atoms with E-state index >= 15 is 0 Å². The maximum atomic E-state index is 12.9. The van der Waals surface area contributed by atoms with E-state index in [0.29, 0.717) is 6.07 Å². The second kappa shape index (κ2) is 5.03. The highest BCUT2D eigenvalue weighted by atomic mass is 19.4. The predicted molar refractivity (Wildman–Crippen MR) is 58.5 cm³/mol. The number of hydrogen-bond acceptors (Lipinski definition) is 5. The van der Waals surface area contributed by atoms with E-state index in [1.807, 2.05) is 0 Å². The number of alkyl halides is 3. The molecule has 0 saturated heterocycles. The first kappa shape index (κ1) is 14.2. The Morgan fingerprint density at radius 1 is 1.25 bits per heavy atom. The van der Waals surface area contributed by atoms with Crippen LogP contribution in [-0.2, 0) is 15.7 Å². The highest BCUT2D eigenvalue weighted by Crippen LogP contribution is 2.41. The Balaban J connectivity index is 2.50. The van der Waals surface area contributed by atoms with E-state index in [4.69, 9.17) is 9.47 Å². The van der Waals surface area contributed by atoms with E-state index in [-0.39, 0.29) is 24.9 Å². The maximum absolute atomic E-state index is 12.9. The Labute approximate surface area is 111 Å². The van der Waals surface area contributed by atoms with Crippen LogP contribution in [0.3, 0.4) is 0 Å². The quantitative estimate of drug-likeness (QED) is 0.485. The largest absolute Gasteiger partial charge is 0.460 e. The van der Waals surface area contributed by atoms with E-state index in [9.17, 15) is 22.8 Å². The molecule has 0 N–H and O–H groups in total. The lowest BCUT2D eigenvalue weighted by Crippen LogP contribution is -2.21. The van der Waals surface area contributed by atoms with Gasteiger partial charge in [0.25, 0.3) is 5.78 Å². The number of rotatable bonds is 3. The number of carbonyl (C=O) groups is 2. The average molecular weight is 290 g/mol. The number of halogens is 3. The van der Waals surface area contributed by atoms with Crippen LogP contribution in [0.2, 0.25) is 0 Å². The van der Waals surface area contributed by atoms with E-state index in [2.05, 4.69) is 4.74 Å². The number of ether oxygens (including phenoxy) is 3. The molecule has 1 aliphatic heterocycles. The van der Waals surface area contributed by atoms with Crippen LogP contribution in [-0.4, -0.2) is 25.2 Å². The van der Waals surface area contributed by atoms with Gasteiger partial charge in [0.15, 0.2) is 11.5 Å². The lowest BCUT2D eigenvalue weighted by molar-refractivity contribution is -0.139. The monoisotopic (exact) mass is 290 g/mol. The Hall–Kier alpha value is -2.25. The molecule has 0 spiro atoms. The van der Waals surface area contributed by atoms with Crippen LogP contribution >= 0.6 is 0 Å². The summed E-state index contributed by atoms with van der Waals surface area (Å²) < 4.78 is 52.9. The normalized spacial score (nSPS) is 13.2. The molecule has 5 nitrogen and oxygen atoms in total. The summed E-state index contributed by atoms with van der Waals surface area (Å²) in [5.74, 6) is -2.88. The number of Topliss-reactive ketones (excluding diaryl/α,β-unsaturated/α-hetero) is 1. The molecule has 0 saturated carbocycles. The molecule has 0 unspecified atom stereocenters. The summed E-state index contributed by atoms with van der Waals surface area (Å²) >= 11 is 0. The van der Waals surface area contributed by atoms with Crippen molar-refractivity contribution in [3.05, 3.63) is 23.3 Å². The molecule has 1 aliphatic rings. The van der Waals surface area contributed by atoms with Crippen molar-refractivity contribution in [3.8, 4) is 11.5 Å². The zero-order valence-electron chi connectivity index (χ0n) is 10.2. The molecule has 0 amide bonds. The molecule has 0 fully saturated rings. The smallest absolute Gasteiger partial charge is 0.417 e. The van der Waals surface area contributed by atoms with Gasteiger partial charge < -0.3 is 14.2 Å². The standard InChI is InChI=1S/C12H9F3O5/c1-2-18-11(17)10(16)6-3-8-9(20-5-19-8)4-7(6)12(13,14)15/h3-4H,2,5H2,1H3. The molecule has 0 aliphatic carbocycles. The predicted octanol–water partition coefficient (Wildman–Crippen LogP) is 2.18. The molecule has 20 heavy (non-hydrogen) atoms. The number of fused-ring (bicyclic) bond motifs is 1. The molecule has 108 valence electrons. The zero-order chi connectivity index (χ0) is 14.9. The average Bonchev–Trinajstić information content (AvgIpc) is 2.82. The van der Waals surface area contributed by atoms with Crippen LogP contribution in [0.25, 0.3) is 0 Å². The summed E-state index contributed by atoms with van der Waals surface area (Å²) in [6.45, 7) is 1.08. The molecule has 0 radical (unpaired) electrons. The molecule has 0 bridgehead atoms. The number of esters is 1. The maximum Gasteiger partial charge on any atom is 0.417 e. The van der Waals surface area contributed by atoms with E-state index in [1.54, 1.807) is 0 Å². The van der Waals surface area contributed by atoms with Crippen molar-refractivity contribution >= 4 is 11.8 Å². The molecule has 1 aromatic carbocycles. The summed E-state index contributed by atoms with van der Waals surface area (Å²) in [6, 6.07) is 1.47. The van der Waals surface area contributed by atoms with Crippen molar-refractivity contribution in [2.45, 2.75) is 13.1 Å². The second-order valence-corrected chi connectivity index (χ2v) is 3.80. The van der Waals surface area contributed by atoms with Gasteiger partial charge in [-0.1, -0.05) is 0 Å². The minimum atomic E-state index is -4.81. The molecule has 8 heteroatoms. The second-order valence-electron chi connectivity index (χ2n) is 3.80. The number of ketones is 1. The first-order chi connectivity index (χ1) is 9.34. The van der Waals surface area contributed by atoms with Gasteiger partial charge in [0.2, 0.25) is 6.79 Å². The van der Waals surface area contributed by atoms with Crippen LogP contribution in [0.15, 0.2) is 12.1 Å². The molecule has 1 heterocycles. The molecular weight excluding hydrogens is 281 g/mol. The zero-order valence-corrected chi connectivity index (χ0v) is 10.2. The highest BCUT2D eigenvalue weighted by Gasteiger charge is 2.39. The third-order valence-electron chi connectivity index (χ3n) is 2.52. The van der Waals surface area contributed by atoms with E-state index in [0.717, 1.165) is 6.07 Å². The van der Waals surface area contributed by atoms with E-state index < -0.39 is 29.1 Å². The van der Waals surface area contributed by atoms with Crippen LogP contribution in [0.5, 0.6) is 11.5 Å². The fraction of sp³-hybridized carbons (Fsp3) is 0.333. The van der Waals surface area contributed by atoms with Gasteiger partial charge in [-0.2, -0.15) is 13.2 Å². The van der Waals surface area contributed by atoms with Crippen LogP contribution in [0, 0.1) is 0 Å². The Kier molecular flexibility index (Phi) is 3.56. The first-order valence-electron chi connectivity index (χ1n) is 5.57. The summed E-state index contributed by atoms with van der Waals surface area (Å²) in [5, 5.41) is 0. The van der Waals surface area contributed by atoms with Crippen LogP contribution < -0.4 is 9.47 Å². The van der Waals surface area contributed by atoms with Crippen LogP contribution in [0.4, 0.5) is 13.2 Å². The first-order valence-corrected chi connectivity index (χ1v) is 5.57. The summed E-state index contributed by atoms with van der Waals surface area (Å²) in [5.41, 5.74) is -2.08. The molecule has 0 atom stereocenters. The Morgan fingerprint density at radius 2 is 1.85 bits per heavy atom. The molecular formula is C12H9F3O5. The molecule has 0 aromatic heterocycles. The van der Waals surface area contributed by atoms with Gasteiger partial charge in [-0.25, -0.2) is 4.79 Å². The number of carbonyl (C=O) groups excluding carboxylic acids is 2. The van der Waals surface area contributed by atoms with Crippen molar-refractivity contribution in [1.29, 1.82) is 0 Å². The third kappa shape index (κ3) is 2.54. The van der Waals surface area contributed by atoms with Crippen molar-refractivity contribution in [2.24, 2.45) is 0 Å². The third-order valence-corrected chi connectivity index (χ3v) is 2.52. The SMILES string of the molecule is CCOC(=O)C(=O)c1cc2c(cc1C(F)(F)F)OCO2. The van der Waals surface area contributed by atoms with Gasteiger partial charge in [0.1, 0.15) is 0 Å². The van der Waals surface area contributed by atoms with Gasteiger partial charge in [-0.05, 0) is 19.1 Å². The summed E-state index contributed by atoms with van der Waals surface area (Å²) in [4.78, 5) is 23.0. The van der Waals surface area contributed by atoms with Crippen LogP contribution in [0.1, 0.15) is 22.8 Å². The van der Waals surface area contributed by atoms with Crippen molar-refractivity contribution in [3.63, 3.8) is 0 Å². The van der Waals surface area contributed by atoms with Crippen molar-refractivity contribution in [2.75, 3.05) is 13.4 Å². The molecule has 2 rings (SSSR count). The number of hydrogen-bond donors (Lipinski definition) is 0. The Morgan fingerprint density at radius 3 is 2.40 bits per heavy atom. The van der Waals surface area contributed by atoms with Crippen molar-refractivity contribution in [1.82, 2.24) is 0 Å². The fourth-order valence-electron chi connectivity index (χ4n) is 1.67. The topological polar surface area (TPSA) is 61.8 Å². The Bertz CT molecular complexity index is 565. The minimum Gasteiger partial charge on any atom is -0.460 e.